The Kier molecular flexibility index (Phi) is 4.04. The van der Waals surface area contributed by atoms with Crippen LogP contribution >= 0.6 is 0 Å². The first kappa shape index (κ1) is 11.4. The van der Waals surface area contributed by atoms with Gasteiger partial charge in [0.15, 0.2) is 5.82 Å². The zero-order valence-electron chi connectivity index (χ0n) is 9.36. The number of hydrogen-bond acceptors (Lipinski definition) is 4. The molecule has 0 aliphatic rings. The maximum atomic E-state index is 8.88. The number of rotatable bonds is 4. The Morgan fingerprint density at radius 1 is 1.53 bits per heavy atom. The van der Waals surface area contributed by atoms with E-state index >= 15 is 0 Å². The van der Waals surface area contributed by atoms with Crippen molar-refractivity contribution in [3.63, 3.8) is 0 Å². The second-order valence-electron chi connectivity index (χ2n) is 3.81. The lowest BCUT2D eigenvalue weighted by atomic mass is 10.0. The maximum Gasteiger partial charge on any atom is 0.166 e. The van der Waals surface area contributed by atoms with Crippen LogP contribution in [-0.2, 0) is 0 Å². The van der Waals surface area contributed by atoms with Gasteiger partial charge < -0.3 is 5.32 Å². The smallest absolute Gasteiger partial charge is 0.166 e. The van der Waals surface area contributed by atoms with Crippen molar-refractivity contribution in [3.05, 3.63) is 17.8 Å². The van der Waals surface area contributed by atoms with Crippen LogP contribution in [0.1, 0.15) is 32.8 Å². The molecule has 1 N–H and O–H groups in total. The minimum atomic E-state index is 0.328. The highest BCUT2D eigenvalue weighted by Crippen LogP contribution is 2.15. The van der Waals surface area contributed by atoms with Crippen molar-refractivity contribution in [3.8, 4) is 6.07 Å². The zero-order chi connectivity index (χ0) is 11.3. The first-order valence-electron chi connectivity index (χ1n) is 5.17. The quantitative estimate of drug-likeness (QED) is 0.816. The van der Waals surface area contributed by atoms with Gasteiger partial charge in [-0.15, -0.1) is 5.10 Å². The molecule has 1 atom stereocenters. The van der Waals surface area contributed by atoms with Gasteiger partial charge in [-0.25, -0.2) is 0 Å². The summed E-state index contributed by atoms with van der Waals surface area (Å²) < 4.78 is 0. The lowest BCUT2D eigenvalue weighted by Crippen LogP contribution is -2.25. The fourth-order valence-electron chi connectivity index (χ4n) is 1.44. The molecule has 0 radical (unpaired) electrons. The van der Waals surface area contributed by atoms with E-state index in [9.17, 15) is 0 Å². The molecule has 15 heavy (non-hydrogen) atoms. The minimum absolute atomic E-state index is 0.328. The molecule has 80 valence electrons. The normalized spacial score (nSPS) is 12.2. The summed E-state index contributed by atoms with van der Waals surface area (Å²) in [7, 11) is 0. The van der Waals surface area contributed by atoms with E-state index in [-0.39, 0.29) is 0 Å². The van der Waals surface area contributed by atoms with Gasteiger partial charge >= 0.3 is 0 Å². The topological polar surface area (TPSA) is 61.6 Å². The minimum Gasteiger partial charge on any atom is -0.365 e. The van der Waals surface area contributed by atoms with E-state index in [0.29, 0.717) is 23.3 Å². The van der Waals surface area contributed by atoms with Gasteiger partial charge in [-0.05, 0) is 18.4 Å². The molecule has 0 fully saturated rings. The first-order valence-corrected chi connectivity index (χ1v) is 5.17. The fourth-order valence-corrected chi connectivity index (χ4v) is 1.44. The van der Waals surface area contributed by atoms with Crippen LogP contribution in [0.3, 0.4) is 0 Å². The van der Waals surface area contributed by atoms with Gasteiger partial charge in [0.2, 0.25) is 0 Å². The molecule has 0 spiro atoms. The molecule has 1 unspecified atom stereocenters. The summed E-state index contributed by atoms with van der Waals surface area (Å²) in [5, 5.41) is 19.8. The van der Waals surface area contributed by atoms with Crippen LogP contribution < -0.4 is 5.32 Å². The lowest BCUT2D eigenvalue weighted by molar-refractivity contribution is 0.509. The molecule has 1 aromatic rings. The van der Waals surface area contributed by atoms with Crippen LogP contribution in [0.15, 0.2) is 12.3 Å². The number of aromatic nitrogens is 2. The molecular weight excluding hydrogens is 188 g/mol. The predicted molar refractivity (Wildman–Crippen MR) is 59.3 cm³/mol. The number of anilines is 1. The van der Waals surface area contributed by atoms with Crippen molar-refractivity contribution < 1.29 is 0 Å². The molecule has 1 rings (SSSR count). The van der Waals surface area contributed by atoms with Crippen molar-refractivity contribution in [2.75, 3.05) is 5.32 Å². The van der Waals surface area contributed by atoms with Crippen LogP contribution in [0.4, 0.5) is 5.82 Å². The monoisotopic (exact) mass is 204 g/mol. The van der Waals surface area contributed by atoms with E-state index in [2.05, 4.69) is 42.4 Å². The standard InChI is InChI=1S/C11H16N4/c1-4-10(8(2)3)14-11-9(7-12)5-6-13-15-11/h5-6,8,10H,4H2,1-3H3,(H,14,15). The molecule has 0 saturated carbocycles. The molecule has 0 bridgehead atoms. The van der Waals surface area contributed by atoms with Crippen molar-refractivity contribution in [1.29, 1.82) is 5.26 Å². The second kappa shape index (κ2) is 5.30. The highest BCUT2D eigenvalue weighted by atomic mass is 15.2. The van der Waals surface area contributed by atoms with Gasteiger partial charge in [0, 0.05) is 6.04 Å². The molecule has 0 amide bonds. The van der Waals surface area contributed by atoms with Crippen molar-refractivity contribution in [1.82, 2.24) is 10.2 Å². The van der Waals surface area contributed by atoms with E-state index in [1.165, 1.54) is 6.20 Å². The molecule has 4 heteroatoms. The summed E-state index contributed by atoms with van der Waals surface area (Å²) in [6, 6.07) is 4.10. The SMILES string of the molecule is CCC(Nc1nnccc1C#N)C(C)C. The number of nitrogens with one attached hydrogen (secondary N) is 1. The third-order valence-electron chi connectivity index (χ3n) is 2.41. The molecular formula is C11H16N4. The summed E-state index contributed by atoms with van der Waals surface area (Å²) in [4.78, 5) is 0. The highest BCUT2D eigenvalue weighted by molar-refractivity contribution is 5.50. The Hall–Kier alpha value is -1.63. The molecule has 0 aliphatic carbocycles. The molecule has 4 nitrogen and oxygen atoms in total. The third-order valence-corrected chi connectivity index (χ3v) is 2.41. The van der Waals surface area contributed by atoms with Crippen LogP contribution in [0.5, 0.6) is 0 Å². The maximum absolute atomic E-state index is 8.88. The van der Waals surface area contributed by atoms with Gasteiger partial charge in [0.1, 0.15) is 6.07 Å². The van der Waals surface area contributed by atoms with Gasteiger partial charge in [-0.1, -0.05) is 20.8 Å². The molecule has 1 heterocycles. The largest absolute Gasteiger partial charge is 0.365 e. The lowest BCUT2D eigenvalue weighted by Gasteiger charge is -2.21. The van der Waals surface area contributed by atoms with E-state index in [1.807, 2.05) is 0 Å². The average molecular weight is 204 g/mol. The van der Waals surface area contributed by atoms with E-state index in [0.717, 1.165) is 6.42 Å². The van der Waals surface area contributed by atoms with Crippen LogP contribution in [0.25, 0.3) is 0 Å². The molecule has 0 aliphatic heterocycles. The second-order valence-corrected chi connectivity index (χ2v) is 3.81. The zero-order valence-corrected chi connectivity index (χ0v) is 9.36. The van der Waals surface area contributed by atoms with E-state index in [1.54, 1.807) is 6.07 Å². The van der Waals surface area contributed by atoms with Gasteiger partial charge in [0.05, 0.1) is 11.8 Å². The summed E-state index contributed by atoms with van der Waals surface area (Å²) >= 11 is 0. The summed E-state index contributed by atoms with van der Waals surface area (Å²) in [6.45, 7) is 6.40. The molecule has 0 saturated heterocycles. The number of hydrogen-bond donors (Lipinski definition) is 1. The number of nitrogens with zero attached hydrogens (tertiary/aromatic N) is 3. The van der Waals surface area contributed by atoms with Crippen LogP contribution in [-0.4, -0.2) is 16.2 Å². The predicted octanol–water partition coefficient (Wildman–Crippen LogP) is 2.19. The first-order chi connectivity index (χ1) is 7.19. The Morgan fingerprint density at radius 2 is 2.27 bits per heavy atom. The van der Waals surface area contributed by atoms with Crippen LogP contribution in [0.2, 0.25) is 0 Å². The van der Waals surface area contributed by atoms with Crippen LogP contribution in [0, 0.1) is 17.2 Å². The molecule has 1 aromatic heterocycles. The fraction of sp³-hybridized carbons (Fsp3) is 0.545. The van der Waals surface area contributed by atoms with E-state index in [4.69, 9.17) is 5.26 Å². The Bertz CT molecular complexity index is 354. The van der Waals surface area contributed by atoms with Gasteiger partial charge in [-0.3, -0.25) is 0 Å². The van der Waals surface area contributed by atoms with E-state index < -0.39 is 0 Å². The summed E-state index contributed by atoms with van der Waals surface area (Å²) in [5.74, 6) is 1.09. The Morgan fingerprint density at radius 3 is 2.80 bits per heavy atom. The third kappa shape index (κ3) is 2.91. The Balaban J connectivity index is 2.84. The summed E-state index contributed by atoms with van der Waals surface area (Å²) in [6.07, 6.45) is 2.53. The van der Waals surface area contributed by atoms with Gasteiger partial charge in [-0.2, -0.15) is 10.4 Å². The highest BCUT2D eigenvalue weighted by Gasteiger charge is 2.13. The summed E-state index contributed by atoms with van der Waals surface area (Å²) in [5.41, 5.74) is 0.545. The van der Waals surface area contributed by atoms with Gasteiger partial charge in [0.25, 0.3) is 0 Å². The molecule has 0 aromatic carbocycles. The Labute approximate surface area is 90.3 Å². The number of nitriles is 1. The van der Waals surface area contributed by atoms with Crippen molar-refractivity contribution in [2.24, 2.45) is 5.92 Å². The average Bonchev–Trinajstić information content (AvgIpc) is 2.25. The van der Waals surface area contributed by atoms with Crippen molar-refractivity contribution >= 4 is 5.82 Å². The van der Waals surface area contributed by atoms with Crippen molar-refractivity contribution in [2.45, 2.75) is 33.2 Å².